The van der Waals surface area contributed by atoms with E-state index in [2.05, 4.69) is 0 Å². The van der Waals surface area contributed by atoms with Crippen molar-refractivity contribution in [3.63, 3.8) is 0 Å². The maximum absolute atomic E-state index is 13.0. The summed E-state index contributed by atoms with van der Waals surface area (Å²) in [7, 11) is 1.63. The molecule has 1 saturated heterocycles. The molecular formula is C20H36N2O5. The lowest BCUT2D eigenvalue weighted by atomic mass is 9.99. The maximum Gasteiger partial charge on any atom is 0.410 e. The maximum atomic E-state index is 13.0. The zero-order valence-electron chi connectivity index (χ0n) is 18.3. The standard InChI is InChI=1S/C20H36N2O5/c1-13(2)15(17(24)26-19(3,4)5)21(9)16(23)14-10-11-22(12-14)18(25)27-20(6,7)8/h13-15H,10-12H2,1-9H3/t14-,15-/m0/s1. The monoisotopic (exact) mass is 384 g/mol. The first-order chi connectivity index (χ1) is 12.1. The van der Waals surface area contributed by atoms with Gasteiger partial charge in [0.05, 0.1) is 5.92 Å². The summed E-state index contributed by atoms with van der Waals surface area (Å²) in [5, 5.41) is 0. The van der Waals surface area contributed by atoms with Crippen molar-refractivity contribution >= 4 is 18.0 Å². The number of esters is 1. The van der Waals surface area contributed by atoms with Crippen LogP contribution in [0.4, 0.5) is 4.79 Å². The number of carbonyl (C=O) groups is 3. The van der Waals surface area contributed by atoms with Crippen molar-refractivity contribution in [2.24, 2.45) is 11.8 Å². The quantitative estimate of drug-likeness (QED) is 0.696. The molecule has 2 amide bonds. The van der Waals surface area contributed by atoms with Crippen molar-refractivity contribution in [3.05, 3.63) is 0 Å². The largest absolute Gasteiger partial charge is 0.458 e. The minimum atomic E-state index is -0.660. The highest BCUT2D eigenvalue weighted by molar-refractivity contribution is 5.86. The predicted octanol–water partition coefficient (Wildman–Crippen LogP) is 3.07. The normalized spacial score (nSPS) is 19.0. The molecule has 0 bridgehead atoms. The van der Waals surface area contributed by atoms with Crippen LogP contribution in [0.1, 0.15) is 61.8 Å². The van der Waals surface area contributed by atoms with Crippen molar-refractivity contribution in [2.45, 2.75) is 79.1 Å². The zero-order valence-corrected chi connectivity index (χ0v) is 18.3. The van der Waals surface area contributed by atoms with Gasteiger partial charge in [0.15, 0.2) is 0 Å². The predicted molar refractivity (Wildman–Crippen MR) is 103 cm³/mol. The van der Waals surface area contributed by atoms with Gasteiger partial charge in [0.2, 0.25) is 5.91 Å². The summed E-state index contributed by atoms with van der Waals surface area (Å²) in [6, 6.07) is -0.660. The van der Waals surface area contributed by atoms with E-state index >= 15 is 0 Å². The Bertz CT molecular complexity index is 560. The molecule has 0 unspecified atom stereocenters. The van der Waals surface area contributed by atoms with E-state index in [0.717, 1.165) is 0 Å². The van der Waals surface area contributed by atoms with Crippen molar-refractivity contribution in [1.29, 1.82) is 0 Å². The molecular weight excluding hydrogens is 348 g/mol. The molecule has 1 aliphatic rings. The number of carbonyl (C=O) groups excluding carboxylic acids is 3. The SMILES string of the molecule is CC(C)[C@@H](C(=O)OC(C)(C)C)N(C)C(=O)[C@H]1CCN(C(=O)OC(C)(C)C)C1. The van der Waals surface area contributed by atoms with Crippen molar-refractivity contribution < 1.29 is 23.9 Å². The van der Waals surface area contributed by atoms with Gasteiger partial charge in [-0.15, -0.1) is 0 Å². The molecule has 1 rings (SSSR count). The first-order valence-electron chi connectivity index (χ1n) is 9.60. The minimum Gasteiger partial charge on any atom is -0.458 e. The van der Waals surface area contributed by atoms with Crippen LogP contribution < -0.4 is 0 Å². The van der Waals surface area contributed by atoms with E-state index in [-0.39, 0.29) is 17.7 Å². The van der Waals surface area contributed by atoms with Crippen LogP contribution in [0.2, 0.25) is 0 Å². The van der Waals surface area contributed by atoms with E-state index < -0.39 is 29.3 Å². The van der Waals surface area contributed by atoms with Crippen LogP contribution >= 0.6 is 0 Å². The Labute approximate surface area is 163 Å². The molecule has 0 aliphatic carbocycles. The van der Waals surface area contributed by atoms with Gasteiger partial charge in [0.25, 0.3) is 0 Å². The molecule has 7 heteroatoms. The first-order valence-corrected chi connectivity index (χ1v) is 9.60. The van der Waals surface area contributed by atoms with Gasteiger partial charge in [-0.2, -0.15) is 0 Å². The van der Waals surface area contributed by atoms with E-state index in [1.165, 1.54) is 4.90 Å². The Hall–Kier alpha value is -1.79. The number of ether oxygens (including phenoxy) is 2. The molecule has 1 fully saturated rings. The molecule has 0 N–H and O–H groups in total. The number of likely N-dealkylation sites (N-methyl/N-ethyl adjacent to an activating group) is 1. The van der Waals surface area contributed by atoms with Crippen molar-refractivity contribution in [1.82, 2.24) is 9.80 Å². The molecule has 27 heavy (non-hydrogen) atoms. The fourth-order valence-corrected chi connectivity index (χ4v) is 3.12. The summed E-state index contributed by atoms with van der Waals surface area (Å²) in [6.07, 6.45) is 0.148. The number of nitrogens with zero attached hydrogens (tertiary/aromatic N) is 2. The molecule has 0 spiro atoms. The fourth-order valence-electron chi connectivity index (χ4n) is 3.12. The van der Waals surface area contributed by atoms with Gasteiger partial charge >= 0.3 is 12.1 Å². The van der Waals surface area contributed by atoms with Crippen LogP contribution in [-0.4, -0.2) is 65.2 Å². The molecule has 0 saturated carbocycles. The van der Waals surface area contributed by atoms with Crippen LogP contribution in [0.15, 0.2) is 0 Å². The molecule has 1 heterocycles. The highest BCUT2D eigenvalue weighted by atomic mass is 16.6. The highest BCUT2D eigenvalue weighted by Gasteiger charge is 2.39. The number of hydrogen-bond acceptors (Lipinski definition) is 5. The number of likely N-dealkylation sites (tertiary alicyclic amines) is 1. The molecule has 0 radical (unpaired) electrons. The lowest BCUT2D eigenvalue weighted by Gasteiger charge is -2.33. The Kier molecular flexibility index (Phi) is 7.30. The van der Waals surface area contributed by atoms with Crippen LogP contribution in [0.3, 0.4) is 0 Å². The van der Waals surface area contributed by atoms with Gasteiger partial charge in [-0.05, 0) is 53.9 Å². The van der Waals surface area contributed by atoms with E-state index in [4.69, 9.17) is 9.47 Å². The summed E-state index contributed by atoms with van der Waals surface area (Å²) in [6.45, 7) is 15.4. The van der Waals surface area contributed by atoms with Gasteiger partial charge < -0.3 is 19.3 Å². The second kappa shape index (κ2) is 8.48. The zero-order chi connectivity index (χ0) is 21.2. The second-order valence-electron chi connectivity index (χ2n) is 9.58. The average Bonchev–Trinajstić information content (AvgIpc) is 2.91. The molecule has 7 nitrogen and oxygen atoms in total. The molecule has 2 atom stereocenters. The third kappa shape index (κ3) is 7.03. The molecule has 0 aromatic carbocycles. The van der Waals surface area contributed by atoms with Crippen LogP contribution in [-0.2, 0) is 19.1 Å². The van der Waals surface area contributed by atoms with E-state index in [0.29, 0.717) is 19.5 Å². The lowest BCUT2D eigenvalue weighted by molar-refractivity contribution is -0.166. The van der Waals surface area contributed by atoms with Gasteiger partial charge in [-0.1, -0.05) is 13.8 Å². The number of rotatable bonds is 4. The Morgan fingerprint density at radius 1 is 1.00 bits per heavy atom. The smallest absolute Gasteiger partial charge is 0.410 e. The Morgan fingerprint density at radius 3 is 1.96 bits per heavy atom. The van der Waals surface area contributed by atoms with Crippen molar-refractivity contribution in [2.75, 3.05) is 20.1 Å². The van der Waals surface area contributed by atoms with Gasteiger partial charge in [-0.3, -0.25) is 4.79 Å². The third-order valence-corrected chi connectivity index (χ3v) is 4.23. The topological polar surface area (TPSA) is 76.2 Å². The Balaban J connectivity index is 2.79. The number of hydrogen-bond donors (Lipinski definition) is 0. The van der Waals surface area contributed by atoms with Crippen LogP contribution in [0, 0.1) is 11.8 Å². The molecule has 1 aliphatic heterocycles. The first kappa shape index (κ1) is 23.2. The Morgan fingerprint density at radius 2 is 1.52 bits per heavy atom. The summed E-state index contributed by atoms with van der Waals surface area (Å²) >= 11 is 0. The van der Waals surface area contributed by atoms with Crippen LogP contribution in [0.25, 0.3) is 0 Å². The lowest BCUT2D eigenvalue weighted by Crippen LogP contribution is -2.50. The number of amides is 2. The van der Waals surface area contributed by atoms with Gasteiger partial charge in [0, 0.05) is 20.1 Å². The molecule has 156 valence electrons. The fraction of sp³-hybridized carbons (Fsp3) is 0.850. The second-order valence-corrected chi connectivity index (χ2v) is 9.58. The van der Waals surface area contributed by atoms with Gasteiger partial charge in [-0.25, -0.2) is 9.59 Å². The molecule has 0 aromatic rings. The molecule has 0 aromatic heterocycles. The van der Waals surface area contributed by atoms with E-state index in [9.17, 15) is 14.4 Å². The summed E-state index contributed by atoms with van der Waals surface area (Å²) < 4.78 is 10.9. The summed E-state index contributed by atoms with van der Waals surface area (Å²) in [5.41, 5.74) is -1.19. The minimum absolute atomic E-state index is 0.0860. The third-order valence-electron chi connectivity index (χ3n) is 4.23. The highest BCUT2D eigenvalue weighted by Crippen LogP contribution is 2.24. The van der Waals surface area contributed by atoms with Crippen LogP contribution in [0.5, 0.6) is 0 Å². The summed E-state index contributed by atoms with van der Waals surface area (Å²) in [4.78, 5) is 40.8. The van der Waals surface area contributed by atoms with Crippen molar-refractivity contribution in [3.8, 4) is 0 Å². The van der Waals surface area contributed by atoms with E-state index in [1.54, 1.807) is 32.7 Å². The summed E-state index contributed by atoms with van der Waals surface area (Å²) in [5.74, 6) is -0.982. The van der Waals surface area contributed by atoms with Gasteiger partial charge in [0.1, 0.15) is 17.2 Å². The van der Waals surface area contributed by atoms with E-state index in [1.807, 2.05) is 34.6 Å². The average molecular weight is 385 g/mol.